The van der Waals surface area contributed by atoms with Crippen LogP contribution in [0.3, 0.4) is 0 Å². The highest BCUT2D eigenvalue weighted by Gasteiger charge is 1.97. The first kappa shape index (κ1) is 11.8. The number of nitrogens with zero attached hydrogens (tertiary/aromatic N) is 3. The minimum atomic E-state index is 0.863. The van der Waals surface area contributed by atoms with E-state index in [9.17, 15) is 0 Å². The summed E-state index contributed by atoms with van der Waals surface area (Å²) >= 11 is 0. The molecule has 0 aromatic carbocycles. The van der Waals surface area contributed by atoms with Gasteiger partial charge in [-0.25, -0.2) is 0 Å². The molecule has 0 aliphatic rings. The summed E-state index contributed by atoms with van der Waals surface area (Å²) in [6.07, 6.45) is 6.71. The monoisotopic (exact) mass is 230 g/mol. The van der Waals surface area contributed by atoms with Crippen molar-refractivity contribution in [2.75, 3.05) is 6.54 Å². The smallest absolute Gasteiger partial charge is 0.0637 e. The third kappa shape index (κ3) is 3.67. The third-order valence-electron chi connectivity index (χ3n) is 2.59. The van der Waals surface area contributed by atoms with Gasteiger partial charge in [-0.3, -0.25) is 9.67 Å². The molecule has 90 valence electrons. The van der Waals surface area contributed by atoms with Gasteiger partial charge in [-0.15, -0.1) is 0 Å². The van der Waals surface area contributed by atoms with Crippen LogP contribution in [0.1, 0.15) is 16.8 Å². The van der Waals surface area contributed by atoms with E-state index in [0.29, 0.717) is 0 Å². The summed E-state index contributed by atoms with van der Waals surface area (Å²) in [4.78, 5) is 4.17. The maximum Gasteiger partial charge on any atom is 0.0637 e. The molecule has 4 heteroatoms. The molecule has 0 spiro atoms. The average Bonchev–Trinajstić information content (AvgIpc) is 2.71. The molecule has 0 bridgehead atoms. The number of pyridine rings is 1. The maximum atomic E-state index is 4.33. The van der Waals surface area contributed by atoms with Crippen molar-refractivity contribution < 1.29 is 0 Å². The number of hydrogen-bond acceptors (Lipinski definition) is 3. The zero-order valence-corrected chi connectivity index (χ0v) is 10.3. The van der Waals surface area contributed by atoms with Crippen LogP contribution >= 0.6 is 0 Å². The van der Waals surface area contributed by atoms with Crippen LogP contribution in [-0.4, -0.2) is 21.3 Å². The summed E-state index contributed by atoms with van der Waals surface area (Å²) in [6, 6.07) is 4.21. The van der Waals surface area contributed by atoms with E-state index < -0.39 is 0 Å². The van der Waals surface area contributed by atoms with Gasteiger partial charge in [0.25, 0.3) is 0 Å². The Bertz CT molecular complexity index is 476. The predicted molar refractivity (Wildman–Crippen MR) is 67.6 cm³/mol. The van der Waals surface area contributed by atoms with Gasteiger partial charge in [0, 0.05) is 45.1 Å². The molecule has 0 fully saturated rings. The molecule has 0 saturated heterocycles. The Labute approximate surface area is 102 Å². The van der Waals surface area contributed by atoms with Crippen LogP contribution in [0.2, 0.25) is 0 Å². The van der Waals surface area contributed by atoms with E-state index in [1.54, 1.807) is 0 Å². The van der Waals surface area contributed by atoms with Crippen LogP contribution in [-0.2, 0) is 20.0 Å². The molecule has 2 rings (SSSR count). The second-order valence-electron chi connectivity index (χ2n) is 4.28. The van der Waals surface area contributed by atoms with Crippen molar-refractivity contribution in [3.8, 4) is 0 Å². The Kier molecular flexibility index (Phi) is 3.88. The Morgan fingerprint density at radius 2 is 2.24 bits per heavy atom. The number of rotatable bonds is 5. The Balaban J connectivity index is 1.73. The summed E-state index contributed by atoms with van der Waals surface area (Å²) in [5, 5.41) is 7.73. The zero-order chi connectivity index (χ0) is 12.1. The van der Waals surface area contributed by atoms with E-state index in [2.05, 4.69) is 34.5 Å². The number of aromatic nitrogens is 3. The fourth-order valence-corrected chi connectivity index (χ4v) is 1.76. The molecule has 2 aromatic rings. The number of hydrogen-bond donors (Lipinski definition) is 1. The highest BCUT2D eigenvalue weighted by atomic mass is 15.2. The Morgan fingerprint density at radius 3 is 2.94 bits per heavy atom. The summed E-state index contributed by atoms with van der Waals surface area (Å²) < 4.78 is 1.83. The highest BCUT2D eigenvalue weighted by molar-refractivity contribution is 5.16. The van der Waals surface area contributed by atoms with E-state index in [0.717, 1.165) is 25.2 Å². The van der Waals surface area contributed by atoms with Gasteiger partial charge < -0.3 is 5.32 Å². The largest absolute Gasteiger partial charge is 0.312 e. The van der Waals surface area contributed by atoms with Gasteiger partial charge in [0.05, 0.1) is 5.69 Å². The van der Waals surface area contributed by atoms with E-state index in [1.807, 2.05) is 30.3 Å². The lowest BCUT2D eigenvalue weighted by atomic mass is 10.2. The topological polar surface area (TPSA) is 42.7 Å². The minimum absolute atomic E-state index is 0.863. The fourth-order valence-electron chi connectivity index (χ4n) is 1.76. The summed E-state index contributed by atoms with van der Waals surface area (Å²) in [7, 11) is 1.94. The summed E-state index contributed by atoms with van der Waals surface area (Å²) in [6.45, 7) is 3.86. The molecule has 0 radical (unpaired) electrons. The standard InChI is InChI=1S/C13H18N4/c1-11-7-12(10-15-8-11)9-14-5-3-13-4-6-17(2)16-13/h4,6-8,10,14H,3,5,9H2,1-2H3. The molecule has 17 heavy (non-hydrogen) atoms. The van der Waals surface area contributed by atoms with E-state index in [1.165, 1.54) is 11.1 Å². The van der Waals surface area contributed by atoms with Gasteiger partial charge in [-0.1, -0.05) is 6.07 Å². The van der Waals surface area contributed by atoms with Gasteiger partial charge in [-0.2, -0.15) is 5.10 Å². The van der Waals surface area contributed by atoms with Gasteiger partial charge in [0.1, 0.15) is 0 Å². The molecular formula is C13H18N4. The molecule has 0 atom stereocenters. The number of aryl methyl sites for hydroxylation is 2. The van der Waals surface area contributed by atoms with Gasteiger partial charge in [0.2, 0.25) is 0 Å². The molecule has 0 amide bonds. The Hall–Kier alpha value is -1.68. The van der Waals surface area contributed by atoms with E-state index in [-0.39, 0.29) is 0 Å². The molecule has 2 heterocycles. The van der Waals surface area contributed by atoms with Crippen molar-refractivity contribution in [1.29, 1.82) is 0 Å². The van der Waals surface area contributed by atoms with Crippen LogP contribution in [0.5, 0.6) is 0 Å². The molecule has 1 N–H and O–H groups in total. The van der Waals surface area contributed by atoms with Crippen molar-refractivity contribution in [1.82, 2.24) is 20.1 Å². The first-order chi connectivity index (χ1) is 8.24. The lowest BCUT2D eigenvalue weighted by Gasteiger charge is -2.04. The molecule has 0 aliphatic heterocycles. The van der Waals surface area contributed by atoms with Crippen molar-refractivity contribution >= 4 is 0 Å². The first-order valence-corrected chi connectivity index (χ1v) is 5.84. The molecule has 4 nitrogen and oxygen atoms in total. The van der Waals surface area contributed by atoms with Crippen molar-refractivity contribution in [2.45, 2.75) is 19.9 Å². The molecule has 0 aliphatic carbocycles. The first-order valence-electron chi connectivity index (χ1n) is 5.84. The normalized spacial score (nSPS) is 10.7. The van der Waals surface area contributed by atoms with Crippen molar-refractivity contribution in [2.24, 2.45) is 7.05 Å². The van der Waals surface area contributed by atoms with Crippen molar-refractivity contribution in [3.63, 3.8) is 0 Å². The van der Waals surface area contributed by atoms with Crippen LogP contribution in [0.25, 0.3) is 0 Å². The zero-order valence-electron chi connectivity index (χ0n) is 10.3. The minimum Gasteiger partial charge on any atom is -0.312 e. The lowest BCUT2D eigenvalue weighted by molar-refractivity contribution is 0.664. The Morgan fingerprint density at radius 1 is 1.35 bits per heavy atom. The number of nitrogens with one attached hydrogen (secondary N) is 1. The average molecular weight is 230 g/mol. The van der Waals surface area contributed by atoms with E-state index >= 15 is 0 Å². The quantitative estimate of drug-likeness (QED) is 0.791. The van der Waals surface area contributed by atoms with Crippen molar-refractivity contribution in [3.05, 3.63) is 47.5 Å². The molecule has 0 unspecified atom stereocenters. The van der Waals surface area contributed by atoms with Crippen LogP contribution in [0.4, 0.5) is 0 Å². The summed E-state index contributed by atoms with van der Waals surface area (Å²) in [5.74, 6) is 0. The predicted octanol–water partition coefficient (Wildman–Crippen LogP) is 1.46. The lowest BCUT2D eigenvalue weighted by Crippen LogP contribution is -2.17. The fraction of sp³-hybridized carbons (Fsp3) is 0.385. The maximum absolute atomic E-state index is 4.33. The highest BCUT2D eigenvalue weighted by Crippen LogP contribution is 2.00. The molecule has 2 aromatic heterocycles. The van der Waals surface area contributed by atoms with Crippen LogP contribution in [0, 0.1) is 6.92 Å². The van der Waals surface area contributed by atoms with Crippen LogP contribution in [0.15, 0.2) is 30.7 Å². The van der Waals surface area contributed by atoms with Gasteiger partial charge >= 0.3 is 0 Å². The van der Waals surface area contributed by atoms with Gasteiger partial charge in [-0.05, 0) is 24.1 Å². The third-order valence-corrected chi connectivity index (χ3v) is 2.59. The summed E-state index contributed by atoms with van der Waals surface area (Å²) in [5.41, 5.74) is 3.56. The molecule has 0 saturated carbocycles. The second kappa shape index (κ2) is 5.59. The second-order valence-corrected chi connectivity index (χ2v) is 4.28. The SMILES string of the molecule is Cc1cncc(CNCCc2ccn(C)n2)c1. The van der Waals surface area contributed by atoms with E-state index in [4.69, 9.17) is 0 Å². The van der Waals surface area contributed by atoms with Crippen LogP contribution < -0.4 is 5.32 Å². The molecular weight excluding hydrogens is 212 g/mol. The van der Waals surface area contributed by atoms with Gasteiger partial charge in [0.15, 0.2) is 0 Å².